The third-order valence-corrected chi connectivity index (χ3v) is 6.33. The Morgan fingerprint density at radius 2 is 1.25 bits per heavy atom. The minimum atomic E-state index is 0.749. The molecule has 0 saturated heterocycles. The van der Waals surface area contributed by atoms with Gasteiger partial charge in [0.25, 0.3) is 0 Å². The van der Waals surface area contributed by atoms with Crippen molar-refractivity contribution in [2.24, 2.45) is 0 Å². The summed E-state index contributed by atoms with van der Waals surface area (Å²) in [5.41, 5.74) is 7.63. The monoisotopic (exact) mass is 465 g/mol. The Balaban J connectivity index is 1.32. The number of nitrogens with zero attached hydrogens (tertiary/aromatic N) is 5. The van der Waals surface area contributed by atoms with Crippen LogP contribution in [0, 0.1) is 0 Å². The quantitative estimate of drug-likeness (QED) is 0.257. The molecular formula is C31H23N5. The largest absolute Gasteiger partial charge is 0.317 e. The molecule has 2 aliphatic heterocycles. The standard InChI is InChI=1S/C31H23N5/c1-3-35-25(19-22-9-5-7-11-30(22)35)15-13-24-14-17-27-28(33-34-29(27)21-32-24)18-16-26-20-23-10-6-8-12-31(23)36(26)4-2/h3-21H,1-2H2/b15-13+,18-16+. The molecule has 5 heteroatoms. The Bertz CT molecular complexity index is 1780. The number of hydrogen-bond acceptors (Lipinski definition) is 3. The molecule has 5 nitrogen and oxygen atoms in total. The summed E-state index contributed by atoms with van der Waals surface area (Å²) < 4.78 is 4.14. The van der Waals surface area contributed by atoms with E-state index in [2.05, 4.69) is 79.9 Å². The van der Waals surface area contributed by atoms with Crippen LogP contribution < -0.4 is 0 Å². The van der Waals surface area contributed by atoms with Gasteiger partial charge in [-0.15, -0.1) is 10.2 Å². The molecule has 0 spiro atoms. The van der Waals surface area contributed by atoms with Gasteiger partial charge >= 0.3 is 0 Å². The molecule has 4 heterocycles. The van der Waals surface area contributed by atoms with Crippen molar-refractivity contribution in [3.8, 4) is 11.3 Å². The van der Waals surface area contributed by atoms with Gasteiger partial charge in [-0.2, -0.15) is 0 Å². The molecule has 6 rings (SSSR count). The van der Waals surface area contributed by atoms with Gasteiger partial charge in [-0.1, -0.05) is 49.6 Å². The van der Waals surface area contributed by atoms with Crippen LogP contribution in [-0.2, 0) is 0 Å². The van der Waals surface area contributed by atoms with E-state index in [1.807, 2.05) is 67.0 Å². The van der Waals surface area contributed by atoms with Crippen molar-refractivity contribution in [2.75, 3.05) is 0 Å². The SMILES string of the molecule is C=Cn1c(/C=C/c2ccc3c(/C=C/c4cc5ccccc5n4C=C)nnc-3cn2)cc2ccccc21. The van der Waals surface area contributed by atoms with Gasteiger partial charge in [-0.3, -0.25) is 4.98 Å². The molecule has 0 amide bonds. The molecule has 0 aliphatic carbocycles. The number of fused-ring (bicyclic) bond motifs is 3. The highest BCUT2D eigenvalue weighted by atomic mass is 15.1. The van der Waals surface area contributed by atoms with Crippen molar-refractivity contribution in [1.29, 1.82) is 0 Å². The smallest absolute Gasteiger partial charge is 0.113 e. The molecule has 0 unspecified atom stereocenters. The van der Waals surface area contributed by atoms with Gasteiger partial charge in [0.1, 0.15) is 5.69 Å². The van der Waals surface area contributed by atoms with Gasteiger partial charge in [0.05, 0.1) is 28.6 Å². The molecule has 0 radical (unpaired) electrons. The second-order valence-electron chi connectivity index (χ2n) is 8.43. The number of hydrogen-bond donors (Lipinski definition) is 0. The van der Waals surface area contributed by atoms with Crippen molar-refractivity contribution >= 4 is 58.5 Å². The molecule has 0 N–H and O–H groups in total. The second-order valence-corrected chi connectivity index (χ2v) is 8.43. The lowest BCUT2D eigenvalue weighted by Gasteiger charge is -2.00. The van der Waals surface area contributed by atoms with Crippen molar-refractivity contribution < 1.29 is 0 Å². The zero-order chi connectivity index (χ0) is 24.5. The minimum absolute atomic E-state index is 0.749. The highest BCUT2D eigenvalue weighted by Crippen LogP contribution is 2.26. The van der Waals surface area contributed by atoms with E-state index in [-0.39, 0.29) is 0 Å². The van der Waals surface area contributed by atoms with Crippen molar-refractivity contribution in [2.45, 2.75) is 0 Å². The molecule has 2 aromatic carbocycles. The molecule has 36 heavy (non-hydrogen) atoms. The van der Waals surface area contributed by atoms with E-state index in [0.717, 1.165) is 50.5 Å². The summed E-state index contributed by atoms with van der Waals surface area (Å²) in [6.07, 6.45) is 13.5. The highest BCUT2D eigenvalue weighted by Gasteiger charge is 2.11. The number of aromatic nitrogens is 5. The van der Waals surface area contributed by atoms with Crippen LogP contribution in [0.3, 0.4) is 0 Å². The summed E-state index contributed by atoms with van der Waals surface area (Å²) in [6.45, 7) is 7.93. The lowest BCUT2D eigenvalue weighted by Crippen LogP contribution is -1.87. The number of benzene rings is 2. The molecule has 4 aromatic rings. The van der Waals surface area contributed by atoms with Crippen molar-refractivity contribution in [1.82, 2.24) is 24.3 Å². The first kappa shape index (κ1) is 21.5. The van der Waals surface area contributed by atoms with E-state index < -0.39 is 0 Å². The predicted octanol–water partition coefficient (Wildman–Crippen LogP) is 7.43. The fourth-order valence-corrected chi connectivity index (χ4v) is 4.58. The van der Waals surface area contributed by atoms with E-state index in [0.29, 0.717) is 0 Å². The zero-order valence-corrected chi connectivity index (χ0v) is 19.6. The Labute approximate surface area is 209 Å². The second kappa shape index (κ2) is 8.96. The van der Waals surface area contributed by atoms with Crippen LogP contribution in [0.2, 0.25) is 0 Å². The Kier molecular flexibility index (Phi) is 5.35. The van der Waals surface area contributed by atoms with E-state index in [1.165, 1.54) is 5.39 Å². The topological polar surface area (TPSA) is 48.5 Å². The Hall–Kier alpha value is -5.03. The first-order valence-corrected chi connectivity index (χ1v) is 11.7. The van der Waals surface area contributed by atoms with Gasteiger partial charge in [-0.25, -0.2) is 0 Å². The summed E-state index contributed by atoms with van der Waals surface area (Å²) in [6, 6.07) is 24.8. The molecule has 0 fully saturated rings. The van der Waals surface area contributed by atoms with Crippen LogP contribution in [0.4, 0.5) is 0 Å². The summed E-state index contributed by atoms with van der Waals surface area (Å²) >= 11 is 0. The molecule has 0 atom stereocenters. The van der Waals surface area contributed by atoms with E-state index in [1.54, 1.807) is 6.20 Å². The maximum Gasteiger partial charge on any atom is 0.113 e. The first-order chi connectivity index (χ1) is 17.7. The van der Waals surface area contributed by atoms with Gasteiger partial charge in [0.2, 0.25) is 0 Å². The fourth-order valence-electron chi connectivity index (χ4n) is 4.58. The first-order valence-electron chi connectivity index (χ1n) is 11.7. The molecular weight excluding hydrogens is 442 g/mol. The molecule has 2 aliphatic rings. The molecule has 2 aromatic heterocycles. The predicted molar refractivity (Wildman–Crippen MR) is 151 cm³/mol. The average molecular weight is 466 g/mol. The summed E-state index contributed by atoms with van der Waals surface area (Å²) in [7, 11) is 0. The Morgan fingerprint density at radius 3 is 1.89 bits per heavy atom. The van der Waals surface area contributed by atoms with E-state index >= 15 is 0 Å². The normalized spacial score (nSPS) is 11.9. The highest BCUT2D eigenvalue weighted by molar-refractivity contribution is 5.89. The van der Waals surface area contributed by atoms with Crippen molar-refractivity contribution in [3.05, 3.63) is 115 Å². The van der Waals surface area contributed by atoms with Crippen molar-refractivity contribution in [3.63, 3.8) is 0 Å². The van der Waals surface area contributed by atoms with Gasteiger partial charge in [0.15, 0.2) is 0 Å². The van der Waals surface area contributed by atoms with Crippen LogP contribution in [0.15, 0.2) is 92.2 Å². The third-order valence-electron chi connectivity index (χ3n) is 6.33. The lowest BCUT2D eigenvalue weighted by atomic mass is 10.1. The summed E-state index contributed by atoms with van der Waals surface area (Å²) in [5.74, 6) is 0. The molecule has 0 saturated carbocycles. The number of rotatable bonds is 6. The third kappa shape index (κ3) is 3.73. The van der Waals surface area contributed by atoms with Crippen LogP contribution in [0.5, 0.6) is 0 Å². The summed E-state index contributed by atoms with van der Waals surface area (Å²) in [5, 5.41) is 11.0. The Morgan fingerprint density at radius 1 is 0.639 bits per heavy atom. The lowest BCUT2D eigenvalue weighted by molar-refractivity contribution is 1.08. The summed E-state index contributed by atoms with van der Waals surface area (Å²) in [4.78, 5) is 4.62. The zero-order valence-electron chi connectivity index (χ0n) is 19.6. The minimum Gasteiger partial charge on any atom is -0.317 e. The van der Waals surface area contributed by atoms with Crippen LogP contribution in [0.25, 0.3) is 69.8 Å². The van der Waals surface area contributed by atoms with Crippen LogP contribution in [0.1, 0.15) is 22.8 Å². The maximum atomic E-state index is 4.62. The van der Waals surface area contributed by atoms with E-state index in [4.69, 9.17) is 0 Å². The number of para-hydroxylation sites is 2. The molecule has 0 bridgehead atoms. The average Bonchev–Trinajstić information content (AvgIpc) is 3.54. The van der Waals surface area contributed by atoms with Gasteiger partial charge in [0, 0.05) is 40.1 Å². The fraction of sp³-hybridized carbons (Fsp3) is 0. The maximum absolute atomic E-state index is 4.62. The van der Waals surface area contributed by atoms with Gasteiger partial charge in [-0.05, 0) is 60.7 Å². The van der Waals surface area contributed by atoms with E-state index in [9.17, 15) is 0 Å². The van der Waals surface area contributed by atoms with Crippen LogP contribution >= 0.6 is 0 Å². The molecule has 172 valence electrons. The van der Waals surface area contributed by atoms with Gasteiger partial charge < -0.3 is 9.13 Å². The van der Waals surface area contributed by atoms with Crippen LogP contribution in [-0.4, -0.2) is 24.3 Å².